The van der Waals surface area contributed by atoms with Gasteiger partial charge < -0.3 is 0 Å². The number of benzene rings is 11. The summed E-state index contributed by atoms with van der Waals surface area (Å²) in [7, 11) is 0. The van der Waals surface area contributed by atoms with Crippen LogP contribution in [0, 0.1) is 0 Å². The van der Waals surface area contributed by atoms with Gasteiger partial charge in [-0.3, -0.25) is 0 Å². The van der Waals surface area contributed by atoms with E-state index in [9.17, 15) is 0 Å². The molecule has 0 spiro atoms. The average molecular weight is 997 g/mol. The minimum Gasteiger partial charge on any atom is -0.208 e. The zero-order valence-electron chi connectivity index (χ0n) is 42.4. The highest BCUT2D eigenvalue weighted by atomic mass is 15.0. The Kier molecular flexibility index (Phi) is 12.9. The summed E-state index contributed by atoms with van der Waals surface area (Å²) in [6.07, 6.45) is 0. The summed E-state index contributed by atoms with van der Waals surface area (Å²) in [4.78, 5) is 30.6. The molecular formula is C72H48N6. The summed E-state index contributed by atoms with van der Waals surface area (Å²) in [5.74, 6) is 3.64. The number of hydrogen-bond donors (Lipinski definition) is 0. The molecule has 78 heavy (non-hydrogen) atoms. The zero-order valence-corrected chi connectivity index (χ0v) is 42.4. The molecule has 13 aromatic rings. The predicted octanol–water partition coefficient (Wildman–Crippen LogP) is 18.1. The summed E-state index contributed by atoms with van der Waals surface area (Å²) >= 11 is 0. The Hall–Kier alpha value is -10.6. The second-order valence-corrected chi connectivity index (χ2v) is 19.1. The monoisotopic (exact) mass is 996 g/mol. The summed E-state index contributed by atoms with van der Waals surface area (Å²) in [5.41, 5.74) is 18.9. The maximum absolute atomic E-state index is 5.11. The van der Waals surface area contributed by atoms with Gasteiger partial charge in [0.2, 0.25) is 0 Å². The Balaban J connectivity index is 0.814. The lowest BCUT2D eigenvalue weighted by atomic mass is 9.93. The van der Waals surface area contributed by atoms with Gasteiger partial charge in [-0.1, -0.05) is 291 Å². The van der Waals surface area contributed by atoms with E-state index < -0.39 is 0 Å². The third-order valence-electron chi connectivity index (χ3n) is 14.1. The van der Waals surface area contributed by atoms with Crippen molar-refractivity contribution in [1.29, 1.82) is 0 Å². The van der Waals surface area contributed by atoms with Crippen molar-refractivity contribution in [3.63, 3.8) is 0 Å². The summed E-state index contributed by atoms with van der Waals surface area (Å²) in [5, 5.41) is 0. The van der Waals surface area contributed by atoms with Crippen molar-refractivity contribution in [3.05, 3.63) is 291 Å². The van der Waals surface area contributed by atoms with Crippen LogP contribution in [0.3, 0.4) is 0 Å². The van der Waals surface area contributed by atoms with Gasteiger partial charge in [0.1, 0.15) is 0 Å². The Morgan fingerprint density at radius 1 is 0.115 bits per heavy atom. The maximum atomic E-state index is 5.11. The highest BCUT2D eigenvalue weighted by molar-refractivity contribution is 5.85. The molecule has 0 aliphatic heterocycles. The molecule has 6 nitrogen and oxygen atoms in total. The summed E-state index contributed by atoms with van der Waals surface area (Å²) in [6.45, 7) is 0. The molecule has 366 valence electrons. The lowest BCUT2D eigenvalue weighted by Crippen LogP contribution is -2.00. The maximum Gasteiger partial charge on any atom is 0.164 e. The fraction of sp³-hybridized carbons (Fsp3) is 0. The summed E-state index contributed by atoms with van der Waals surface area (Å²) in [6, 6.07) is 101. The van der Waals surface area contributed by atoms with E-state index in [4.69, 9.17) is 29.9 Å². The molecule has 0 aliphatic carbocycles. The number of nitrogens with zero attached hydrogens (tertiary/aromatic N) is 6. The molecule has 13 rings (SSSR count). The third kappa shape index (κ3) is 10.0. The van der Waals surface area contributed by atoms with E-state index in [1.807, 2.05) is 24.3 Å². The van der Waals surface area contributed by atoms with Gasteiger partial charge in [0, 0.05) is 33.4 Å². The van der Waals surface area contributed by atoms with Crippen LogP contribution in [0.5, 0.6) is 0 Å². The van der Waals surface area contributed by atoms with Gasteiger partial charge in [-0.15, -0.1) is 0 Å². The quantitative estimate of drug-likeness (QED) is 0.121. The van der Waals surface area contributed by atoms with Crippen LogP contribution < -0.4 is 0 Å². The standard InChI is InChI=1S/C72H48N6/c1-5-15-49(16-6-1)53-25-37-59(38-26-53)67-73-68(60-39-27-54(28-40-60)50-17-7-2-8-18-50)76-71(75-67)63-45-33-57(34-46-63)65-23-13-14-24-66(65)58-35-47-64(48-36-58)72-77-69(61-41-29-55(30-42-61)51-19-9-3-10-20-51)74-70(78-72)62-43-31-56(32-44-62)52-21-11-4-12-22-52/h1-48H. The average Bonchev–Trinajstić information content (AvgIpc) is 3.58. The van der Waals surface area contributed by atoms with Crippen molar-refractivity contribution in [2.24, 2.45) is 0 Å². The second-order valence-electron chi connectivity index (χ2n) is 19.1. The third-order valence-corrected chi connectivity index (χ3v) is 14.1. The summed E-state index contributed by atoms with van der Waals surface area (Å²) < 4.78 is 0. The fourth-order valence-electron chi connectivity index (χ4n) is 9.88. The molecule has 0 radical (unpaired) electrons. The van der Waals surface area contributed by atoms with E-state index in [1.165, 1.54) is 0 Å². The number of rotatable bonds is 12. The van der Waals surface area contributed by atoms with Crippen molar-refractivity contribution in [2.75, 3.05) is 0 Å². The van der Waals surface area contributed by atoms with Gasteiger partial charge in [0.05, 0.1) is 0 Å². The van der Waals surface area contributed by atoms with Gasteiger partial charge in [0.15, 0.2) is 34.9 Å². The number of aromatic nitrogens is 6. The first kappa shape index (κ1) is 47.2. The Morgan fingerprint density at radius 2 is 0.256 bits per heavy atom. The van der Waals surface area contributed by atoms with Gasteiger partial charge in [0.25, 0.3) is 0 Å². The first-order chi connectivity index (χ1) is 38.6. The van der Waals surface area contributed by atoms with E-state index in [-0.39, 0.29) is 0 Å². The normalized spacial score (nSPS) is 11.1. The Labute approximate surface area is 453 Å². The largest absolute Gasteiger partial charge is 0.208 e. The van der Waals surface area contributed by atoms with Crippen molar-refractivity contribution >= 4 is 0 Å². The van der Waals surface area contributed by atoms with Crippen LogP contribution in [0.2, 0.25) is 0 Å². The number of hydrogen-bond acceptors (Lipinski definition) is 6. The van der Waals surface area contributed by atoms with E-state index in [0.717, 1.165) is 100 Å². The minimum absolute atomic E-state index is 0.600. The van der Waals surface area contributed by atoms with Crippen LogP contribution in [-0.2, 0) is 0 Å². The predicted molar refractivity (Wildman–Crippen MR) is 318 cm³/mol. The van der Waals surface area contributed by atoms with Crippen LogP contribution in [0.1, 0.15) is 0 Å². The molecule has 0 unspecified atom stereocenters. The molecule has 2 heterocycles. The SMILES string of the molecule is c1ccc(-c2ccc(-c3nc(-c4ccc(-c5ccccc5)cc4)nc(-c4ccc(-c5ccccc5-c5ccc(-c6nc(-c7ccc(-c8ccccc8)cc7)nc(-c7ccc(-c8ccccc8)cc7)n6)cc5)cc4)n3)cc2)cc1. The highest BCUT2D eigenvalue weighted by Crippen LogP contribution is 2.36. The molecule has 0 N–H and O–H groups in total. The first-order valence-electron chi connectivity index (χ1n) is 26.1. The van der Waals surface area contributed by atoms with Gasteiger partial charge in [-0.25, -0.2) is 29.9 Å². The van der Waals surface area contributed by atoms with Crippen LogP contribution in [-0.4, -0.2) is 29.9 Å². The van der Waals surface area contributed by atoms with Gasteiger partial charge in [-0.2, -0.15) is 0 Å². The van der Waals surface area contributed by atoms with Crippen molar-refractivity contribution in [2.45, 2.75) is 0 Å². The van der Waals surface area contributed by atoms with Crippen LogP contribution >= 0.6 is 0 Å². The lowest BCUT2D eigenvalue weighted by Gasteiger charge is -2.13. The molecule has 0 amide bonds. The molecule has 0 bridgehead atoms. The zero-order chi connectivity index (χ0) is 52.0. The van der Waals surface area contributed by atoms with Crippen LogP contribution in [0.15, 0.2) is 291 Å². The Bertz CT molecular complexity index is 3680. The van der Waals surface area contributed by atoms with Crippen LogP contribution in [0.25, 0.3) is 135 Å². The molecule has 0 atom stereocenters. The fourth-order valence-corrected chi connectivity index (χ4v) is 9.88. The van der Waals surface area contributed by atoms with Gasteiger partial charge in [-0.05, 0) is 66.8 Å². The molecular weight excluding hydrogens is 949 g/mol. The van der Waals surface area contributed by atoms with E-state index in [0.29, 0.717) is 34.9 Å². The second kappa shape index (κ2) is 21.4. The van der Waals surface area contributed by atoms with Gasteiger partial charge >= 0.3 is 0 Å². The highest BCUT2D eigenvalue weighted by Gasteiger charge is 2.17. The molecule has 11 aromatic carbocycles. The van der Waals surface area contributed by atoms with E-state index in [2.05, 4.69) is 267 Å². The molecule has 2 aromatic heterocycles. The van der Waals surface area contributed by atoms with Crippen molar-refractivity contribution in [1.82, 2.24) is 29.9 Å². The van der Waals surface area contributed by atoms with E-state index >= 15 is 0 Å². The molecule has 0 fully saturated rings. The molecule has 6 heteroatoms. The minimum atomic E-state index is 0.600. The van der Waals surface area contributed by atoms with E-state index in [1.54, 1.807) is 0 Å². The van der Waals surface area contributed by atoms with Crippen molar-refractivity contribution in [3.8, 4) is 135 Å². The van der Waals surface area contributed by atoms with Crippen LogP contribution in [0.4, 0.5) is 0 Å². The topological polar surface area (TPSA) is 77.3 Å². The Morgan fingerprint density at radius 3 is 0.449 bits per heavy atom. The van der Waals surface area contributed by atoms with Crippen molar-refractivity contribution < 1.29 is 0 Å². The molecule has 0 saturated carbocycles. The first-order valence-corrected chi connectivity index (χ1v) is 26.1. The molecule has 0 saturated heterocycles. The smallest absolute Gasteiger partial charge is 0.164 e. The molecule has 0 aliphatic rings. The lowest BCUT2D eigenvalue weighted by molar-refractivity contribution is 1.07.